The van der Waals surface area contributed by atoms with Crippen molar-refractivity contribution in [3.63, 3.8) is 0 Å². The summed E-state index contributed by atoms with van der Waals surface area (Å²) in [5, 5.41) is 2.82. The summed E-state index contributed by atoms with van der Waals surface area (Å²) in [4.78, 5) is 0. The predicted molar refractivity (Wildman–Crippen MR) is 78.6 cm³/mol. The van der Waals surface area contributed by atoms with Gasteiger partial charge in [-0.3, -0.25) is 0 Å². The normalized spacial score (nSPS) is 25.8. The van der Waals surface area contributed by atoms with Gasteiger partial charge in [-0.25, -0.2) is 12.7 Å². The zero-order valence-corrected chi connectivity index (χ0v) is 13.1. The fourth-order valence-corrected chi connectivity index (χ4v) is 5.08. The van der Waals surface area contributed by atoms with Crippen LogP contribution >= 0.6 is 0 Å². The van der Waals surface area contributed by atoms with Crippen LogP contribution in [0.25, 0.3) is 0 Å². The largest absolute Gasteiger partial charge is 0.316 e. The zero-order chi connectivity index (χ0) is 13.9. The molecule has 112 valence electrons. The van der Waals surface area contributed by atoms with E-state index in [0.717, 1.165) is 32.5 Å². The van der Waals surface area contributed by atoms with Crippen molar-refractivity contribution in [1.82, 2.24) is 9.62 Å². The summed E-state index contributed by atoms with van der Waals surface area (Å²) in [6.07, 6.45) is 7.44. The van der Waals surface area contributed by atoms with Crippen molar-refractivity contribution < 1.29 is 8.42 Å². The molecular formula is C14H28N2O2S. The molecular weight excluding hydrogens is 260 g/mol. The Morgan fingerprint density at radius 1 is 1.16 bits per heavy atom. The number of nitrogens with one attached hydrogen (secondary N) is 1. The Kier molecular flexibility index (Phi) is 4.90. The molecule has 1 aliphatic heterocycles. The van der Waals surface area contributed by atoms with Crippen LogP contribution in [0.4, 0.5) is 0 Å². The van der Waals surface area contributed by atoms with Gasteiger partial charge in [-0.1, -0.05) is 19.8 Å². The molecule has 4 nitrogen and oxygen atoms in total. The highest BCUT2D eigenvalue weighted by atomic mass is 32.2. The number of hydrogen-bond donors (Lipinski definition) is 1. The van der Waals surface area contributed by atoms with Crippen LogP contribution in [0.5, 0.6) is 0 Å². The summed E-state index contributed by atoms with van der Waals surface area (Å²) in [5.74, 6) is 0. The number of nitrogens with zero attached hydrogens (tertiary/aromatic N) is 1. The molecule has 1 spiro atoms. The van der Waals surface area contributed by atoms with Crippen molar-refractivity contribution in [2.75, 3.05) is 26.2 Å². The molecule has 0 aromatic rings. The van der Waals surface area contributed by atoms with Gasteiger partial charge in [0.05, 0.1) is 5.25 Å². The Morgan fingerprint density at radius 2 is 1.74 bits per heavy atom. The zero-order valence-electron chi connectivity index (χ0n) is 12.3. The monoisotopic (exact) mass is 288 g/mol. The Balaban J connectivity index is 1.92. The van der Waals surface area contributed by atoms with Gasteiger partial charge in [0.2, 0.25) is 10.0 Å². The van der Waals surface area contributed by atoms with Crippen LogP contribution in [0, 0.1) is 5.41 Å². The standard InChI is InChI=1S/C14H28N2O2S/c1-3-15-12-13(2)19(17,18)16-10-8-14(9-11-16)6-4-5-7-14/h13,15H,3-12H2,1-2H3. The summed E-state index contributed by atoms with van der Waals surface area (Å²) < 4.78 is 26.7. The summed E-state index contributed by atoms with van der Waals surface area (Å²) in [6, 6.07) is 0. The molecule has 1 saturated carbocycles. The maximum Gasteiger partial charge on any atom is 0.217 e. The maximum absolute atomic E-state index is 12.5. The van der Waals surface area contributed by atoms with Crippen LogP contribution in [-0.2, 0) is 10.0 Å². The third-order valence-electron chi connectivity index (χ3n) is 5.00. The van der Waals surface area contributed by atoms with Crippen molar-refractivity contribution in [3.8, 4) is 0 Å². The summed E-state index contributed by atoms with van der Waals surface area (Å²) in [5.41, 5.74) is 0.483. The molecule has 1 saturated heterocycles. The average molecular weight is 288 g/mol. The fourth-order valence-electron chi connectivity index (χ4n) is 3.55. The lowest BCUT2D eigenvalue weighted by Gasteiger charge is -2.39. The minimum Gasteiger partial charge on any atom is -0.316 e. The number of rotatable bonds is 5. The van der Waals surface area contributed by atoms with Gasteiger partial charge in [-0.05, 0) is 44.6 Å². The smallest absolute Gasteiger partial charge is 0.217 e. The predicted octanol–water partition coefficient (Wildman–Crippen LogP) is 1.97. The second-order valence-corrected chi connectivity index (χ2v) is 8.62. The van der Waals surface area contributed by atoms with Crippen LogP contribution in [0.1, 0.15) is 52.4 Å². The highest BCUT2D eigenvalue weighted by Crippen LogP contribution is 2.46. The molecule has 1 atom stereocenters. The second kappa shape index (κ2) is 6.10. The first kappa shape index (κ1) is 15.3. The van der Waals surface area contributed by atoms with Gasteiger partial charge in [0.25, 0.3) is 0 Å². The molecule has 2 aliphatic rings. The number of piperidine rings is 1. The lowest BCUT2D eigenvalue weighted by Crippen LogP contribution is -2.47. The Morgan fingerprint density at radius 3 is 2.26 bits per heavy atom. The Hall–Kier alpha value is -0.130. The van der Waals surface area contributed by atoms with Gasteiger partial charge < -0.3 is 5.32 Å². The number of hydrogen-bond acceptors (Lipinski definition) is 3. The molecule has 2 rings (SSSR count). The van der Waals surface area contributed by atoms with Gasteiger partial charge >= 0.3 is 0 Å². The van der Waals surface area contributed by atoms with Crippen LogP contribution in [0.2, 0.25) is 0 Å². The second-order valence-electron chi connectivity index (χ2n) is 6.27. The quantitative estimate of drug-likeness (QED) is 0.841. The minimum atomic E-state index is -3.11. The summed E-state index contributed by atoms with van der Waals surface area (Å²) in [6.45, 7) is 6.67. The lowest BCUT2D eigenvalue weighted by molar-refractivity contribution is 0.159. The van der Waals surface area contributed by atoms with Crippen molar-refractivity contribution in [2.45, 2.75) is 57.6 Å². The maximum atomic E-state index is 12.5. The van der Waals surface area contributed by atoms with Crippen LogP contribution in [0.15, 0.2) is 0 Å². The molecule has 0 aromatic heterocycles. The van der Waals surface area contributed by atoms with E-state index in [2.05, 4.69) is 5.32 Å². The molecule has 1 aliphatic carbocycles. The molecule has 0 radical (unpaired) electrons. The minimum absolute atomic E-state index is 0.315. The van der Waals surface area contributed by atoms with Crippen LogP contribution in [0.3, 0.4) is 0 Å². The number of sulfonamides is 1. The van der Waals surface area contributed by atoms with Crippen LogP contribution < -0.4 is 5.32 Å². The van der Waals surface area contributed by atoms with Crippen molar-refractivity contribution in [3.05, 3.63) is 0 Å². The highest BCUT2D eigenvalue weighted by molar-refractivity contribution is 7.89. The third kappa shape index (κ3) is 3.31. The lowest BCUT2D eigenvalue weighted by atomic mass is 9.78. The molecule has 5 heteroatoms. The molecule has 2 fully saturated rings. The van der Waals surface area contributed by atoms with E-state index in [-0.39, 0.29) is 5.25 Å². The van der Waals surface area contributed by atoms with E-state index in [1.165, 1.54) is 25.7 Å². The van der Waals surface area contributed by atoms with Gasteiger partial charge in [-0.2, -0.15) is 0 Å². The summed E-state index contributed by atoms with van der Waals surface area (Å²) in [7, 11) is -3.11. The Bertz CT molecular complexity index is 378. The molecule has 1 heterocycles. The van der Waals surface area contributed by atoms with E-state index in [1.807, 2.05) is 13.8 Å². The SMILES string of the molecule is CCNCC(C)S(=O)(=O)N1CCC2(CCCC2)CC1. The molecule has 0 amide bonds. The topological polar surface area (TPSA) is 49.4 Å². The molecule has 1 N–H and O–H groups in total. The van der Waals surface area contributed by atoms with E-state index < -0.39 is 10.0 Å². The van der Waals surface area contributed by atoms with E-state index >= 15 is 0 Å². The van der Waals surface area contributed by atoms with E-state index in [4.69, 9.17) is 0 Å². The van der Waals surface area contributed by atoms with Crippen molar-refractivity contribution in [2.24, 2.45) is 5.41 Å². The van der Waals surface area contributed by atoms with Crippen molar-refractivity contribution >= 4 is 10.0 Å². The van der Waals surface area contributed by atoms with Gasteiger partial charge in [0.1, 0.15) is 0 Å². The van der Waals surface area contributed by atoms with E-state index in [1.54, 1.807) is 4.31 Å². The van der Waals surface area contributed by atoms with Gasteiger partial charge in [0, 0.05) is 19.6 Å². The van der Waals surface area contributed by atoms with E-state index in [9.17, 15) is 8.42 Å². The fraction of sp³-hybridized carbons (Fsp3) is 1.00. The summed E-state index contributed by atoms with van der Waals surface area (Å²) >= 11 is 0. The average Bonchev–Trinajstić information content (AvgIpc) is 2.84. The van der Waals surface area contributed by atoms with Crippen molar-refractivity contribution in [1.29, 1.82) is 0 Å². The molecule has 19 heavy (non-hydrogen) atoms. The van der Waals surface area contributed by atoms with Gasteiger partial charge in [0.15, 0.2) is 0 Å². The van der Waals surface area contributed by atoms with Gasteiger partial charge in [-0.15, -0.1) is 0 Å². The van der Waals surface area contributed by atoms with E-state index in [0.29, 0.717) is 12.0 Å². The first-order chi connectivity index (χ1) is 9.00. The molecule has 1 unspecified atom stereocenters. The highest BCUT2D eigenvalue weighted by Gasteiger charge is 2.40. The third-order valence-corrected chi connectivity index (χ3v) is 7.27. The molecule has 0 bridgehead atoms. The Labute approximate surface area is 118 Å². The van der Waals surface area contributed by atoms with Crippen LogP contribution in [-0.4, -0.2) is 44.2 Å². The first-order valence-electron chi connectivity index (χ1n) is 7.70. The first-order valence-corrected chi connectivity index (χ1v) is 9.20. The molecule has 0 aromatic carbocycles.